The molecule has 1 atom stereocenters. The number of hydrogen-bond acceptors (Lipinski definition) is 4. The minimum Gasteiger partial charge on any atom is -0.444 e. The number of fused-ring (bicyclic) bond motifs is 1. The van der Waals surface area contributed by atoms with Crippen molar-refractivity contribution in [2.24, 2.45) is 5.92 Å². The van der Waals surface area contributed by atoms with Gasteiger partial charge in [-0.1, -0.05) is 15.9 Å². The summed E-state index contributed by atoms with van der Waals surface area (Å²) in [5.74, 6) is 0.209. The van der Waals surface area contributed by atoms with Crippen LogP contribution in [0.3, 0.4) is 0 Å². The third-order valence-corrected chi connectivity index (χ3v) is 4.90. The van der Waals surface area contributed by atoms with Crippen LogP contribution in [0.15, 0.2) is 33.8 Å². The standard InChI is InChI=1S/C19H24BrN3O3/c1-19(2,3)26-18(25)22-8-4-5-13(10-22)11-23-12-21-16-7-6-14(20)9-15(16)17(23)24/h6-7,9,12-13H,4-5,8,10-11H2,1-3H3. The zero-order chi connectivity index (χ0) is 18.9. The van der Waals surface area contributed by atoms with Gasteiger partial charge in [0.15, 0.2) is 0 Å². The number of piperidine rings is 1. The number of likely N-dealkylation sites (tertiary alicyclic amines) is 1. The topological polar surface area (TPSA) is 64.4 Å². The van der Waals surface area contributed by atoms with E-state index in [0.29, 0.717) is 30.5 Å². The molecule has 1 aromatic heterocycles. The number of aromatic nitrogens is 2. The first kappa shape index (κ1) is 18.9. The van der Waals surface area contributed by atoms with Crippen molar-refractivity contribution in [3.8, 4) is 0 Å². The molecule has 1 amide bonds. The van der Waals surface area contributed by atoms with Crippen LogP contribution >= 0.6 is 15.9 Å². The molecule has 1 saturated heterocycles. The molecule has 0 aliphatic carbocycles. The minimum atomic E-state index is -0.503. The van der Waals surface area contributed by atoms with Gasteiger partial charge in [0.1, 0.15) is 5.60 Å². The number of halogens is 1. The maximum absolute atomic E-state index is 12.8. The maximum Gasteiger partial charge on any atom is 0.410 e. The molecular formula is C19H24BrN3O3. The van der Waals surface area contributed by atoms with Gasteiger partial charge in [0.05, 0.1) is 17.2 Å². The van der Waals surface area contributed by atoms with E-state index in [1.165, 1.54) is 0 Å². The largest absolute Gasteiger partial charge is 0.444 e. The Bertz CT molecular complexity index is 872. The fraction of sp³-hybridized carbons (Fsp3) is 0.526. The van der Waals surface area contributed by atoms with Crippen LogP contribution in [-0.2, 0) is 11.3 Å². The molecule has 140 valence electrons. The molecule has 0 spiro atoms. The second-order valence-corrected chi connectivity index (χ2v) is 8.71. The average Bonchev–Trinajstić information content (AvgIpc) is 2.57. The Morgan fingerprint density at radius 1 is 1.38 bits per heavy atom. The van der Waals surface area contributed by atoms with Crippen LogP contribution in [0, 0.1) is 5.92 Å². The molecule has 1 unspecified atom stereocenters. The van der Waals surface area contributed by atoms with E-state index < -0.39 is 5.60 Å². The Morgan fingerprint density at radius 2 is 2.15 bits per heavy atom. The molecule has 1 aromatic carbocycles. The summed E-state index contributed by atoms with van der Waals surface area (Å²) in [5.41, 5.74) is 0.135. The number of nitrogens with zero attached hydrogens (tertiary/aromatic N) is 3. The molecule has 7 heteroatoms. The van der Waals surface area contributed by atoms with E-state index in [-0.39, 0.29) is 17.6 Å². The summed E-state index contributed by atoms with van der Waals surface area (Å²) in [5, 5.41) is 0.599. The second-order valence-electron chi connectivity index (χ2n) is 7.80. The first-order valence-electron chi connectivity index (χ1n) is 8.85. The monoisotopic (exact) mass is 421 g/mol. The normalized spacial score (nSPS) is 18.2. The van der Waals surface area contributed by atoms with E-state index in [4.69, 9.17) is 4.74 Å². The lowest BCUT2D eigenvalue weighted by molar-refractivity contribution is 0.0156. The lowest BCUT2D eigenvalue weighted by atomic mass is 9.98. The van der Waals surface area contributed by atoms with Gasteiger partial charge in [-0.25, -0.2) is 9.78 Å². The van der Waals surface area contributed by atoms with Gasteiger partial charge in [-0.2, -0.15) is 0 Å². The highest BCUT2D eigenvalue weighted by molar-refractivity contribution is 9.10. The average molecular weight is 422 g/mol. The first-order valence-corrected chi connectivity index (χ1v) is 9.65. The number of carbonyl (C=O) groups is 1. The highest BCUT2D eigenvalue weighted by Crippen LogP contribution is 2.21. The quantitative estimate of drug-likeness (QED) is 0.739. The molecule has 3 rings (SSSR count). The van der Waals surface area contributed by atoms with E-state index in [0.717, 1.165) is 17.3 Å². The van der Waals surface area contributed by atoms with Crippen LogP contribution in [0.1, 0.15) is 33.6 Å². The summed E-state index contributed by atoms with van der Waals surface area (Å²) in [6.45, 7) is 7.44. The van der Waals surface area contributed by atoms with Crippen molar-refractivity contribution in [3.63, 3.8) is 0 Å². The van der Waals surface area contributed by atoms with Gasteiger partial charge in [0, 0.05) is 24.1 Å². The lowest BCUT2D eigenvalue weighted by Crippen LogP contribution is -2.44. The predicted octanol–water partition coefficient (Wildman–Crippen LogP) is 3.81. The van der Waals surface area contributed by atoms with Crippen LogP contribution in [0.5, 0.6) is 0 Å². The van der Waals surface area contributed by atoms with Gasteiger partial charge < -0.3 is 9.64 Å². The molecule has 2 heterocycles. The summed E-state index contributed by atoms with van der Waals surface area (Å²) in [6.07, 6.45) is 3.20. The summed E-state index contributed by atoms with van der Waals surface area (Å²) < 4.78 is 7.98. The highest BCUT2D eigenvalue weighted by atomic mass is 79.9. The number of rotatable bonds is 2. The Balaban J connectivity index is 1.74. The maximum atomic E-state index is 12.8. The van der Waals surface area contributed by atoms with Gasteiger partial charge in [0.25, 0.3) is 5.56 Å². The molecule has 1 aliphatic rings. The third kappa shape index (κ3) is 4.44. The Morgan fingerprint density at radius 3 is 2.88 bits per heavy atom. The van der Waals surface area contributed by atoms with Crippen molar-refractivity contribution in [1.82, 2.24) is 14.5 Å². The zero-order valence-electron chi connectivity index (χ0n) is 15.4. The number of amides is 1. The summed E-state index contributed by atoms with van der Waals surface area (Å²) in [6, 6.07) is 5.50. The first-order chi connectivity index (χ1) is 12.2. The Kier molecular flexibility index (Phi) is 5.37. The number of ether oxygens (including phenoxy) is 1. The molecule has 0 N–H and O–H groups in total. The van der Waals surface area contributed by atoms with Crippen LogP contribution in [0.2, 0.25) is 0 Å². The molecule has 0 bridgehead atoms. The van der Waals surface area contributed by atoms with Gasteiger partial charge in [0.2, 0.25) is 0 Å². The molecule has 26 heavy (non-hydrogen) atoms. The van der Waals surface area contributed by atoms with Crippen molar-refractivity contribution in [3.05, 3.63) is 39.4 Å². The molecule has 0 radical (unpaired) electrons. The smallest absolute Gasteiger partial charge is 0.410 e. The van der Waals surface area contributed by atoms with Gasteiger partial charge in [-0.05, 0) is 57.7 Å². The van der Waals surface area contributed by atoms with Crippen molar-refractivity contribution in [2.45, 2.75) is 45.8 Å². The number of hydrogen-bond donors (Lipinski definition) is 0. The van der Waals surface area contributed by atoms with Gasteiger partial charge >= 0.3 is 6.09 Å². The van der Waals surface area contributed by atoms with E-state index in [1.807, 2.05) is 32.9 Å². The van der Waals surface area contributed by atoms with E-state index in [9.17, 15) is 9.59 Å². The van der Waals surface area contributed by atoms with Crippen molar-refractivity contribution in [1.29, 1.82) is 0 Å². The van der Waals surface area contributed by atoms with Crippen molar-refractivity contribution in [2.75, 3.05) is 13.1 Å². The third-order valence-electron chi connectivity index (χ3n) is 4.41. The summed E-state index contributed by atoms with van der Waals surface area (Å²) in [7, 11) is 0. The van der Waals surface area contributed by atoms with Crippen LogP contribution in [0.4, 0.5) is 4.79 Å². The molecule has 6 nitrogen and oxygen atoms in total. The lowest BCUT2D eigenvalue weighted by Gasteiger charge is -2.34. The number of carbonyl (C=O) groups excluding carboxylic acids is 1. The van der Waals surface area contributed by atoms with E-state index in [2.05, 4.69) is 20.9 Å². The Hall–Kier alpha value is -1.89. The fourth-order valence-corrected chi connectivity index (χ4v) is 3.61. The van der Waals surface area contributed by atoms with Crippen LogP contribution in [-0.4, -0.2) is 39.2 Å². The molecule has 2 aromatic rings. The molecule has 0 saturated carbocycles. The fourth-order valence-electron chi connectivity index (χ4n) is 3.25. The molecular weight excluding hydrogens is 398 g/mol. The van der Waals surface area contributed by atoms with Crippen molar-refractivity contribution >= 4 is 32.9 Å². The van der Waals surface area contributed by atoms with Crippen LogP contribution < -0.4 is 5.56 Å². The van der Waals surface area contributed by atoms with Crippen LogP contribution in [0.25, 0.3) is 10.9 Å². The summed E-state index contributed by atoms with van der Waals surface area (Å²) >= 11 is 3.40. The van der Waals surface area contributed by atoms with Gasteiger partial charge in [-0.15, -0.1) is 0 Å². The molecule has 1 aliphatic heterocycles. The number of benzene rings is 1. The van der Waals surface area contributed by atoms with Crippen molar-refractivity contribution < 1.29 is 9.53 Å². The Labute approximate surface area is 161 Å². The van der Waals surface area contributed by atoms with Gasteiger partial charge in [-0.3, -0.25) is 9.36 Å². The zero-order valence-corrected chi connectivity index (χ0v) is 17.0. The van der Waals surface area contributed by atoms with E-state index in [1.54, 1.807) is 21.9 Å². The minimum absolute atomic E-state index is 0.0503. The second kappa shape index (κ2) is 7.39. The predicted molar refractivity (Wildman–Crippen MR) is 104 cm³/mol. The highest BCUT2D eigenvalue weighted by Gasteiger charge is 2.28. The summed E-state index contributed by atoms with van der Waals surface area (Å²) in [4.78, 5) is 31.2. The molecule has 1 fully saturated rings. The SMILES string of the molecule is CC(C)(C)OC(=O)N1CCCC(Cn2cnc3ccc(Br)cc3c2=O)C1. The van der Waals surface area contributed by atoms with E-state index >= 15 is 0 Å².